The molecule has 4 nitrogen and oxygen atoms in total. The number of nitrogens with zero attached hydrogens (tertiary/aromatic N) is 2. The van der Waals surface area contributed by atoms with E-state index in [-0.39, 0.29) is 0 Å². The molecule has 96 valence electrons. The normalized spacial score (nSPS) is 10.6. The van der Waals surface area contributed by atoms with Gasteiger partial charge in [-0.15, -0.1) is 0 Å². The number of hydrogen-bond acceptors (Lipinski definition) is 4. The molecular formula is C12H19BrN2O2. The van der Waals surface area contributed by atoms with Crippen molar-refractivity contribution in [3.8, 4) is 0 Å². The van der Waals surface area contributed by atoms with Crippen LogP contribution in [0.3, 0.4) is 0 Å². The molecule has 0 amide bonds. The molecule has 1 rings (SSSR count). The Kier molecular flexibility index (Phi) is 6.47. The molecule has 0 aliphatic carbocycles. The third-order valence-electron chi connectivity index (χ3n) is 2.45. The summed E-state index contributed by atoms with van der Waals surface area (Å²) in [6.45, 7) is 5.05. The average Bonchev–Trinajstić information content (AvgIpc) is 2.30. The Morgan fingerprint density at radius 3 is 2.29 bits per heavy atom. The Bertz CT molecular complexity index is 339. The predicted molar refractivity (Wildman–Crippen MR) is 72.6 cm³/mol. The molecule has 1 heterocycles. The molecule has 0 atom stereocenters. The minimum absolute atomic E-state index is 0.681. The Morgan fingerprint density at radius 2 is 1.82 bits per heavy atom. The maximum atomic E-state index is 5.12. The van der Waals surface area contributed by atoms with Crippen LogP contribution in [0.25, 0.3) is 0 Å². The predicted octanol–water partition coefficient (Wildman–Crippen LogP) is 2.25. The van der Waals surface area contributed by atoms with Crippen LogP contribution < -0.4 is 4.90 Å². The van der Waals surface area contributed by atoms with Gasteiger partial charge in [0, 0.05) is 38.0 Å². The standard InChI is InChI=1S/C12H19BrN2O2/c1-10-8-11(13)9-14-12(10)15(4-6-16-2)5-7-17-3/h8-9H,4-7H2,1-3H3. The molecule has 5 heteroatoms. The van der Waals surface area contributed by atoms with Crippen LogP contribution in [0.4, 0.5) is 5.82 Å². The van der Waals surface area contributed by atoms with Crippen molar-refractivity contribution in [1.82, 2.24) is 4.98 Å². The summed E-state index contributed by atoms with van der Waals surface area (Å²) in [5.74, 6) is 0.988. The van der Waals surface area contributed by atoms with Gasteiger partial charge in [0.2, 0.25) is 0 Å². The number of aromatic nitrogens is 1. The molecule has 0 unspecified atom stereocenters. The minimum atomic E-state index is 0.681. The molecule has 0 aromatic carbocycles. The largest absolute Gasteiger partial charge is 0.383 e. The maximum Gasteiger partial charge on any atom is 0.131 e. The fourth-order valence-corrected chi connectivity index (χ4v) is 2.04. The van der Waals surface area contributed by atoms with Gasteiger partial charge in [0.1, 0.15) is 5.82 Å². The molecule has 0 spiro atoms. The first kappa shape index (κ1) is 14.4. The Morgan fingerprint density at radius 1 is 1.24 bits per heavy atom. The number of pyridine rings is 1. The number of ether oxygens (including phenoxy) is 2. The first-order valence-electron chi connectivity index (χ1n) is 5.54. The summed E-state index contributed by atoms with van der Waals surface area (Å²) < 4.78 is 11.2. The van der Waals surface area contributed by atoms with Crippen molar-refractivity contribution in [2.45, 2.75) is 6.92 Å². The SMILES string of the molecule is COCCN(CCOC)c1ncc(Br)cc1C. The van der Waals surface area contributed by atoms with E-state index in [1.807, 2.05) is 6.20 Å². The summed E-state index contributed by atoms with van der Waals surface area (Å²) >= 11 is 3.42. The number of anilines is 1. The lowest BCUT2D eigenvalue weighted by Gasteiger charge is -2.24. The van der Waals surface area contributed by atoms with E-state index >= 15 is 0 Å². The highest BCUT2D eigenvalue weighted by Crippen LogP contribution is 2.20. The molecule has 0 aliphatic heterocycles. The van der Waals surface area contributed by atoms with Crippen molar-refractivity contribution >= 4 is 21.7 Å². The van der Waals surface area contributed by atoms with Gasteiger partial charge in [0.25, 0.3) is 0 Å². The van der Waals surface area contributed by atoms with E-state index < -0.39 is 0 Å². The summed E-state index contributed by atoms with van der Waals surface area (Å²) in [5.41, 5.74) is 1.14. The second kappa shape index (κ2) is 7.63. The zero-order valence-electron chi connectivity index (χ0n) is 10.6. The van der Waals surface area contributed by atoms with Crippen molar-refractivity contribution in [3.05, 3.63) is 22.3 Å². The van der Waals surface area contributed by atoms with Gasteiger partial charge >= 0.3 is 0 Å². The molecule has 0 fully saturated rings. The van der Waals surface area contributed by atoms with Crippen LogP contribution in [-0.4, -0.2) is 45.5 Å². The van der Waals surface area contributed by atoms with E-state index in [9.17, 15) is 0 Å². The molecule has 0 saturated carbocycles. The van der Waals surface area contributed by atoms with Crippen LogP contribution in [0, 0.1) is 6.92 Å². The van der Waals surface area contributed by atoms with Crippen LogP contribution in [0.5, 0.6) is 0 Å². The molecule has 0 N–H and O–H groups in total. The summed E-state index contributed by atoms with van der Waals surface area (Å²) in [4.78, 5) is 6.63. The lowest BCUT2D eigenvalue weighted by Crippen LogP contribution is -2.31. The fourth-order valence-electron chi connectivity index (χ4n) is 1.59. The van der Waals surface area contributed by atoms with Crippen molar-refractivity contribution in [1.29, 1.82) is 0 Å². The van der Waals surface area contributed by atoms with E-state index in [1.54, 1.807) is 14.2 Å². The zero-order chi connectivity index (χ0) is 12.7. The topological polar surface area (TPSA) is 34.6 Å². The Hall–Kier alpha value is -0.650. The molecule has 0 bridgehead atoms. The van der Waals surface area contributed by atoms with E-state index in [1.165, 1.54) is 0 Å². The van der Waals surface area contributed by atoms with Crippen molar-refractivity contribution in [2.24, 2.45) is 0 Å². The van der Waals surface area contributed by atoms with Gasteiger partial charge in [0.05, 0.1) is 13.2 Å². The second-order valence-corrected chi connectivity index (χ2v) is 4.68. The first-order valence-corrected chi connectivity index (χ1v) is 6.33. The highest BCUT2D eigenvalue weighted by molar-refractivity contribution is 9.10. The first-order chi connectivity index (χ1) is 8.19. The van der Waals surface area contributed by atoms with Crippen LogP contribution in [0.1, 0.15) is 5.56 Å². The molecule has 1 aromatic rings. The number of aryl methyl sites for hydroxylation is 1. The second-order valence-electron chi connectivity index (χ2n) is 3.77. The lowest BCUT2D eigenvalue weighted by molar-refractivity contribution is 0.190. The molecule has 17 heavy (non-hydrogen) atoms. The number of halogens is 1. The summed E-state index contributed by atoms with van der Waals surface area (Å²) in [6, 6.07) is 2.06. The van der Waals surface area contributed by atoms with Gasteiger partial charge in [-0.25, -0.2) is 4.98 Å². The van der Waals surface area contributed by atoms with Gasteiger partial charge in [-0.05, 0) is 34.5 Å². The fraction of sp³-hybridized carbons (Fsp3) is 0.583. The number of rotatable bonds is 7. The third kappa shape index (κ3) is 4.61. The average molecular weight is 303 g/mol. The monoisotopic (exact) mass is 302 g/mol. The smallest absolute Gasteiger partial charge is 0.131 e. The van der Waals surface area contributed by atoms with Gasteiger partial charge < -0.3 is 14.4 Å². The van der Waals surface area contributed by atoms with Crippen molar-refractivity contribution in [3.63, 3.8) is 0 Å². The lowest BCUT2D eigenvalue weighted by atomic mass is 10.2. The Balaban J connectivity index is 2.79. The summed E-state index contributed by atoms with van der Waals surface area (Å²) in [7, 11) is 3.41. The molecule has 1 aromatic heterocycles. The van der Waals surface area contributed by atoms with Crippen LogP contribution in [-0.2, 0) is 9.47 Å². The van der Waals surface area contributed by atoms with Crippen molar-refractivity contribution in [2.75, 3.05) is 45.4 Å². The Labute approximate surface area is 111 Å². The van der Waals surface area contributed by atoms with Gasteiger partial charge in [-0.3, -0.25) is 0 Å². The molecule has 0 radical (unpaired) electrons. The van der Waals surface area contributed by atoms with E-state index in [0.717, 1.165) is 28.9 Å². The van der Waals surface area contributed by atoms with Crippen LogP contribution in [0.15, 0.2) is 16.7 Å². The van der Waals surface area contributed by atoms with Crippen LogP contribution >= 0.6 is 15.9 Å². The molecule has 0 saturated heterocycles. The highest BCUT2D eigenvalue weighted by Gasteiger charge is 2.10. The van der Waals surface area contributed by atoms with Gasteiger partial charge in [-0.2, -0.15) is 0 Å². The minimum Gasteiger partial charge on any atom is -0.383 e. The molecular weight excluding hydrogens is 284 g/mol. The van der Waals surface area contributed by atoms with Crippen LogP contribution in [0.2, 0.25) is 0 Å². The van der Waals surface area contributed by atoms with E-state index in [4.69, 9.17) is 9.47 Å². The van der Waals surface area contributed by atoms with Gasteiger partial charge in [-0.1, -0.05) is 0 Å². The molecule has 0 aliphatic rings. The van der Waals surface area contributed by atoms with Gasteiger partial charge in [0.15, 0.2) is 0 Å². The van der Waals surface area contributed by atoms with Crippen molar-refractivity contribution < 1.29 is 9.47 Å². The highest BCUT2D eigenvalue weighted by atomic mass is 79.9. The number of methoxy groups -OCH3 is 2. The summed E-state index contributed by atoms with van der Waals surface area (Å²) in [5, 5.41) is 0. The number of hydrogen-bond donors (Lipinski definition) is 0. The third-order valence-corrected chi connectivity index (χ3v) is 2.88. The maximum absolute atomic E-state index is 5.12. The summed E-state index contributed by atoms with van der Waals surface area (Å²) in [6.07, 6.45) is 1.81. The quantitative estimate of drug-likeness (QED) is 0.774. The van der Waals surface area contributed by atoms with E-state index in [0.29, 0.717) is 13.2 Å². The van der Waals surface area contributed by atoms with E-state index in [2.05, 4.69) is 38.8 Å². The zero-order valence-corrected chi connectivity index (χ0v) is 12.2.